The predicted octanol–water partition coefficient (Wildman–Crippen LogP) is 1.11. The van der Waals surface area contributed by atoms with E-state index in [0.29, 0.717) is 12.2 Å². The molecule has 4 heteroatoms. The van der Waals surface area contributed by atoms with Gasteiger partial charge >= 0.3 is 0 Å². The van der Waals surface area contributed by atoms with Crippen LogP contribution in [0.25, 0.3) is 0 Å². The molecule has 0 fully saturated rings. The van der Waals surface area contributed by atoms with E-state index in [4.69, 9.17) is 0 Å². The van der Waals surface area contributed by atoms with Crippen molar-refractivity contribution in [2.24, 2.45) is 5.10 Å². The fourth-order valence-corrected chi connectivity index (χ4v) is 1.17. The van der Waals surface area contributed by atoms with Crippen molar-refractivity contribution in [2.45, 2.75) is 13.3 Å². The largest absolute Gasteiger partial charge is 0.272 e. The summed E-state index contributed by atoms with van der Waals surface area (Å²) < 4.78 is 0. The fraction of sp³-hybridized carbons (Fsp3) is 0.222. The summed E-state index contributed by atoms with van der Waals surface area (Å²) in [5.41, 5.74) is 1.07. The molecule has 0 unspecified atom stereocenters. The summed E-state index contributed by atoms with van der Waals surface area (Å²) >= 11 is 0. The van der Waals surface area contributed by atoms with Crippen molar-refractivity contribution in [3.05, 3.63) is 23.9 Å². The van der Waals surface area contributed by atoms with Crippen molar-refractivity contribution < 1.29 is 4.79 Å². The van der Waals surface area contributed by atoms with E-state index < -0.39 is 0 Å². The first-order chi connectivity index (χ1) is 6.27. The van der Waals surface area contributed by atoms with Gasteiger partial charge in [-0.3, -0.25) is 4.79 Å². The summed E-state index contributed by atoms with van der Waals surface area (Å²) in [6, 6.07) is 3.72. The van der Waals surface area contributed by atoms with Gasteiger partial charge in [-0.05, 0) is 24.6 Å². The van der Waals surface area contributed by atoms with Gasteiger partial charge in [-0.15, -0.1) is 0 Å². The zero-order valence-corrected chi connectivity index (χ0v) is 7.27. The molecule has 0 N–H and O–H groups in total. The Labute approximate surface area is 75.9 Å². The van der Waals surface area contributed by atoms with Crippen LogP contribution in [0.3, 0.4) is 0 Å². The Kier molecular flexibility index (Phi) is 1.81. The maximum atomic E-state index is 11.2. The Morgan fingerprint density at radius 2 is 2.38 bits per heavy atom. The van der Waals surface area contributed by atoms with Crippen molar-refractivity contribution in [1.82, 2.24) is 4.98 Å². The van der Waals surface area contributed by atoms with Gasteiger partial charge in [-0.1, -0.05) is 0 Å². The Morgan fingerprint density at radius 1 is 1.54 bits per heavy atom. The quantitative estimate of drug-likeness (QED) is 0.641. The SMILES string of the molecule is Cc1ccnc(N2N=CCC2=O)c1. The van der Waals surface area contributed by atoms with E-state index in [1.165, 1.54) is 5.01 Å². The second-order valence-electron chi connectivity index (χ2n) is 2.90. The number of anilines is 1. The first-order valence-electron chi connectivity index (χ1n) is 4.05. The van der Waals surface area contributed by atoms with Crippen molar-refractivity contribution in [1.29, 1.82) is 0 Å². The van der Waals surface area contributed by atoms with Crippen LogP contribution in [0.15, 0.2) is 23.4 Å². The van der Waals surface area contributed by atoms with Crippen LogP contribution in [0, 0.1) is 6.92 Å². The molecule has 1 aromatic rings. The standard InChI is InChI=1S/C9H9N3O/c1-7-2-4-10-8(6-7)12-9(13)3-5-11-12/h2,4-6H,3H2,1H3. The van der Waals surface area contributed by atoms with E-state index in [1.807, 2.05) is 19.1 Å². The van der Waals surface area contributed by atoms with Crippen LogP contribution in [0.4, 0.5) is 5.82 Å². The highest BCUT2D eigenvalue weighted by Gasteiger charge is 2.19. The minimum absolute atomic E-state index is 0.0295. The van der Waals surface area contributed by atoms with Crippen LogP contribution in [0.5, 0.6) is 0 Å². The molecule has 2 heterocycles. The van der Waals surface area contributed by atoms with E-state index in [9.17, 15) is 4.79 Å². The van der Waals surface area contributed by atoms with E-state index in [-0.39, 0.29) is 5.91 Å². The number of hydrogen-bond donors (Lipinski definition) is 0. The molecule has 0 radical (unpaired) electrons. The Hall–Kier alpha value is -1.71. The fourth-order valence-electron chi connectivity index (χ4n) is 1.17. The molecule has 0 bridgehead atoms. The highest BCUT2D eigenvalue weighted by molar-refractivity contribution is 6.04. The first-order valence-corrected chi connectivity index (χ1v) is 4.05. The summed E-state index contributed by atoms with van der Waals surface area (Å²) in [4.78, 5) is 15.3. The summed E-state index contributed by atoms with van der Waals surface area (Å²) in [7, 11) is 0. The minimum Gasteiger partial charge on any atom is -0.272 e. The molecular weight excluding hydrogens is 166 g/mol. The van der Waals surface area contributed by atoms with Gasteiger partial charge in [0.25, 0.3) is 5.91 Å². The third kappa shape index (κ3) is 1.42. The Balaban J connectivity index is 2.35. The molecule has 0 saturated carbocycles. The number of rotatable bonds is 1. The van der Waals surface area contributed by atoms with Crippen LogP contribution >= 0.6 is 0 Å². The number of amides is 1. The molecule has 1 amide bonds. The lowest BCUT2D eigenvalue weighted by Crippen LogP contribution is -2.20. The third-order valence-corrected chi connectivity index (χ3v) is 1.82. The second-order valence-corrected chi connectivity index (χ2v) is 2.90. The van der Waals surface area contributed by atoms with Crippen LogP contribution in [0.1, 0.15) is 12.0 Å². The molecule has 0 aromatic carbocycles. The highest BCUT2D eigenvalue weighted by Crippen LogP contribution is 2.15. The molecule has 1 aliphatic rings. The lowest BCUT2D eigenvalue weighted by Gasteiger charge is -2.10. The average molecular weight is 175 g/mol. The first kappa shape index (κ1) is 7.91. The van der Waals surface area contributed by atoms with Gasteiger partial charge in [0.2, 0.25) is 0 Å². The topological polar surface area (TPSA) is 45.6 Å². The van der Waals surface area contributed by atoms with Gasteiger partial charge in [0, 0.05) is 12.4 Å². The number of pyridine rings is 1. The Bertz CT molecular complexity index is 373. The van der Waals surface area contributed by atoms with Crippen LogP contribution in [0.2, 0.25) is 0 Å². The number of carbonyl (C=O) groups excluding carboxylic acids is 1. The molecule has 4 nitrogen and oxygen atoms in total. The maximum absolute atomic E-state index is 11.2. The molecular formula is C9H9N3O. The van der Waals surface area contributed by atoms with Crippen molar-refractivity contribution in [2.75, 3.05) is 5.01 Å². The van der Waals surface area contributed by atoms with Gasteiger partial charge in [0.15, 0.2) is 5.82 Å². The number of nitrogens with zero attached hydrogens (tertiary/aromatic N) is 3. The number of aromatic nitrogens is 1. The van der Waals surface area contributed by atoms with Crippen molar-refractivity contribution in [3.8, 4) is 0 Å². The average Bonchev–Trinajstić information content (AvgIpc) is 2.51. The monoisotopic (exact) mass is 175 g/mol. The zero-order chi connectivity index (χ0) is 9.26. The molecule has 1 aromatic heterocycles. The molecule has 0 aliphatic carbocycles. The van der Waals surface area contributed by atoms with Gasteiger partial charge in [-0.2, -0.15) is 10.1 Å². The summed E-state index contributed by atoms with van der Waals surface area (Å²) in [6.45, 7) is 1.95. The molecule has 0 atom stereocenters. The van der Waals surface area contributed by atoms with Gasteiger partial charge in [0.05, 0.1) is 6.42 Å². The zero-order valence-electron chi connectivity index (χ0n) is 7.27. The molecule has 1 aliphatic heterocycles. The van der Waals surface area contributed by atoms with Gasteiger partial charge in [-0.25, -0.2) is 4.98 Å². The highest BCUT2D eigenvalue weighted by atomic mass is 16.2. The van der Waals surface area contributed by atoms with Crippen LogP contribution < -0.4 is 5.01 Å². The number of hydrazone groups is 1. The number of hydrogen-bond acceptors (Lipinski definition) is 3. The van der Waals surface area contributed by atoms with Crippen molar-refractivity contribution >= 4 is 17.9 Å². The molecule has 66 valence electrons. The summed E-state index contributed by atoms with van der Waals surface area (Å²) in [5.74, 6) is 0.567. The van der Waals surface area contributed by atoms with E-state index in [2.05, 4.69) is 10.1 Å². The molecule has 0 spiro atoms. The number of aryl methyl sites for hydroxylation is 1. The maximum Gasteiger partial charge on any atom is 0.254 e. The lowest BCUT2D eigenvalue weighted by molar-refractivity contribution is -0.116. The predicted molar refractivity (Wildman–Crippen MR) is 49.6 cm³/mol. The third-order valence-electron chi connectivity index (χ3n) is 1.82. The van der Waals surface area contributed by atoms with Crippen LogP contribution in [-0.2, 0) is 4.79 Å². The summed E-state index contributed by atoms with van der Waals surface area (Å²) in [6.07, 6.45) is 3.63. The minimum atomic E-state index is -0.0295. The molecule has 0 saturated heterocycles. The smallest absolute Gasteiger partial charge is 0.254 e. The van der Waals surface area contributed by atoms with Gasteiger partial charge < -0.3 is 0 Å². The van der Waals surface area contributed by atoms with Gasteiger partial charge in [0.1, 0.15) is 0 Å². The lowest BCUT2D eigenvalue weighted by atomic mass is 10.3. The summed E-state index contributed by atoms with van der Waals surface area (Å²) in [5, 5.41) is 5.25. The second kappa shape index (κ2) is 2.97. The van der Waals surface area contributed by atoms with E-state index in [0.717, 1.165) is 5.56 Å². The molecule has 2 rings (SSSR count). The van der Waals surface area contributed by atoms with E-state index in [1.54, 1.807) is 12.4 Å². The normalized spacial score (nSPS) is 15.5. The van der Waals surface area contributed by atoms with Crippen molar-refractivity contribution in [3.63, 3.8) is 0 Å². The van der Waals surface area contributed by atoms with E-state index >= 15 is 0 Å². The molecule has 13 heavy (non-hydrogen) atoms. The number of carbonyl (C=O) groups is 1. The van der Waals surface area contributed by atoms with Crippen LogP contribution in [-0.4, -0.2) is 17.1 Å². The Morgan fingerprint density at radius 3 is 3.00 bits per heavy atom.